The Hall–Kier alpha value is -2.53. The highest BCUT2D eigenvalue weighted by molar-refractivity contribution is 6.31. The van der Waals surface area contributed by atoms with E-state index in [1.54, 1.807) is 4.90 Å². The number of hydrogen-bond acceptors (Lipinski definition) is 2. The number of nitrogens with one attached hydrogen (secondary N) is 1. The van der Waals surface area contributed by atoms with Crippen LogP contribution in [0.15, 0.2) is 48.5 Å². The van der Waals surface area contributed by atoms with Crippen molar-refractivity contribution in [3.05, 3.63) is 59.1 Å². The van der Waals surface area contributed by atoms with Crippen LogP contribution in [0.4, 0.5) is 16.2 Å². The lowest BCUT2D eigenvalue weighted by Gasteiger charge is -2.36. The van der Waals surface area contributed by atoms with Crippen LogP contribution in [0.3, 0.4) is 0 Å². The summed E-state index contributed by atoms with van der Waals surface area (Å²) >= 11 is 6.25. The zero-order valence-corrected chi connectivity index (χ0v) is 16.4. The summed E-state index contributed by atoms with van der Waals surface area (Å²) in [5.74, 6) is -0.145. The summed E-state index contributed by atoms with van der Waals surface area (Å²) in [5.41, 5.74) is 2.42. The molecule has 0 unspecified atom stereocenters. The topological polar surface area (TPSA) is 52.7 Å². The molecule has 0 spiro atoms. The number of anilines is 2. The molecule has 1 fully saturated rings. The average molecular weight is 386 g/mol. The van der Waals surface area contributed by atoms with Crippen molar-refractivity contribution in [2.24, 2.45) is 5.92 Å². The van der Waals surface area contributed by atoms with Crippen molar-refractivity contribution in [3.8, 4) is 0 Å². The highest BCUT2D eigenvalue weighted by Crippen LogP contribution is 2.25. The minimum atomic E-state index is -0.101. The van der Waals surface area contributed by atoms with E-state index in [2.05, 4.69) is 5.32 Å². The molecule has 1 saturated heterocycles. The van der Waals surface area contributed by atoms with Crippen LogP contribution in [-0.4, -0.2) is 29.9 Å². The van der Waals surface area contributed by atoms with E-state index in [0.717, 1.165) is 17.7 Å². The first-order chi connectivity index (χ1) is 13.0. The molecule has 3 rings (SSSR count). The number of benzene rings is 2. The third-order valence-corrected chi connectivity index (χ3v) is 4.95. The minimum Gasteiger partial charge on any atom is -0.326 e. The van der Waals surface area contributed by atoms with Crippen LogP contribution in [0.5, 0.6) is 0 Å². The fraction of sp³-hybridized carbons (Fsp3) is 0.333. The molecule has 0 radical (unpaired) electrons. The molecule has 2 aromatic rings. The molecule has 6 heteroatoms. The molecule has 5 nitrogen and oxygen atoms in total. The quantitative estimate of drug-likeness (QED) is 0.806. The van der Waals surface area contributed by atoms with Crippen LogP contribution in [-0.2, 0) is 11.3 Å². The summed E-state index contributed by atoms with van der Waals surface area (Å²) in [6.07, 6.45) is 0.874. The number of amides is 3. The summed E-state index contributed by atoms with van der Waals surface area (Å²) in [6.45, 7) is 5.53. The lowest BCUT2D eigenvalue weighted by atomic mass is 10.1. The standard InChI is InChI=1S/C21H24ClN3O2/c1-15(2)20(26)23-17-8-5-9-18(13-17)25-12-6-11-24(21(25)27)14-16-7-3-4-10-19(16)22/h3-5,7-10,13,15H,6,11-12,14H2,1-2H3,(H,23,26). The molecule has 0 atom stereocenters. The Morgan fingerprint density at radius 1 is 1.15 bits per heavy atom. The second kappa shape index (κ2) is 8.44. The van der Waals surface area contributed by atoms with Gasteiger partial charge in [-0.15, -0.1) is 0 Å². The smallest absolute Gasteiger partial charge is 0.324 e. The Balaban J connectivity index is 1.76. The summed E-state index contributed by atoms with van der Waals surface area (Å²) < 4.78 is 0. The summed E-state index contributed by atoms with van der Waals surface area (Å²) in [7, 11) is 0. The molecule has 2 aromatic carbocycles. The van der Waals surface area contributed by atoms with Crippen molar-refractivity contribution < 1.29 is 9.59 Å². The Morgan fingerprint density at radius 3 is 2.67 bits per heavy atom. The van der Waals surface area contributed by atoms with Gasteiger partial charge in [-0.3, -0.25) is 9.69 Å². The maximum atomic E-state index is 13.0. The third-order valence-electron chi connectivity index (χ3n) is 4.58. The lowest BCUT2D eigenvalue weighted by Crippen LogP contribution is -2.49. The van der Waals surface area contributed by atoms with Gasteiger partial charge >= 0.3 is 6.03 Å². The van der Waals surface area contributed by atoms with Gasteiger partial charge in [0.1, 0.15) is 0 Å². The van der Waals surface area contributed by atoms with Gasteiger partial charge in [0.25, 0.3) is 0 Å². The fourth-order valence-electron chi connectivity index (χ4n) is 3.04. The molecular weight excluding hydrogens is 362 g/mol. The van der Waals surface area contributed by atoms with Crippen LogP contribution in [0.25, 0.3) is 0 Å². The van der Waals surface area contributed by atoms with Crippen LogP contribution in [0, 0.1) is 5.92 Å². The number of hydrogen-bond donors (Lipinski definition) is 1. The van der Waals surface area contributed by atoms with E-state index < -0.39 is 0 Å². The van der Waals surface area contributed by atoms with Crippen molar-refractivity contribution in [1.29, 1.82) is 0 Å². The minimum absolute atomic E-state index is 0.0440. The van der Waals surface area contributed by atoms with Crippen molar-refractivity contribution in [2.45, 2.75) is 26.8 Å². The van der Waals surface area contributed by atoms with E-state index in [1.807, 2.05) is 67.3 Å². The summed E-state index contributed by atoms with van der Waals surface area (Å²) in [5, 5.41) is 3.55. The van der Waals surface area contributed by atoms with E-state index in [1.165, 1.54) is 0 Å². The number of halogens is 1. The van der Waals surface area contributed by atoms with Gasteiger partial charge in [0.15, 0.2) is 0 Å². The fourth-order valence-corrected chi connectivity index (χ4v) is 3.23. The number of carbonyl (C=O) groups excluding carboxylic acids is 2. The van der Waals surface area contributed by atoms with Gasteiger partial charge in [-0.05, 0) is 36.2 Å². The Kier molecular flexibility index (Phi) is 6.01. The summed E-state index contributed by atoms with van der Waals surface area (Å²) in [4.78, 5) is 28.5. The summed E-state index contributed by atoms with van der Waals surface area (Å²) in [6, 6.07) is 15.0. The van der Waals surface area contributed by atoms with E-state index >= 15 is 0 Å². The van der Waals surface area contributed by atoms with Gasteiger partial charge in [-0.1, -0.05) is 49.7 Å². The molecule has 27 heavy (non-hydrogen) atoms. The van der Waals surface area contributed by atoms with Crippen LogP contribution in [0.2, 0.25) is 5.02 Å². The molecule has 1 heterocycles. The molecule has 0 aliphatic carbocycles. The van der Waals surface area contributed by atoms with Crippen molar-refractivity contribution in [3.63, 3.8) is 0 Å². The first-order valence-corrected chi connectivity index (χ1v) is 9.54. The maximum Gasteiger partial charge on any atom is 0.324 e. The molecule has 142 valence electrons. The molecule has 3 amide bonds. The largest absolute Gasteiger partial charge is 0.326 e. The normalized spacial score (nSPS) is 14.6. The van der Waals surface area contributed by atoms with Crippen molar-refractivity contribution >= 4 is 34.9 Å². The van der Waals surface area contributed by atoms with Gasteiger partial charge in [-0.2, -0.15) is 0 Å². The first kappa shape index (κ1) is 19.2. The molecular formula is C21H24ClN3O2. The van der Waals surface area contributed by atoms with Crippen LogP contribution < -0.4 is 10.2 Å². The third kappa shape index (κ3) is 4.61. The van der Waals surface area contributed by atoms with Gasteiger partial charge in [0.05, 0.1) is 0 Å². The predicted octanol–water partition coefficient (Wildman–Crippen LogP) is 4.77. The van der Waals surface area contributed by atoms with Crippen LogP contribution >= 0.6 is 11.6 Å². The highest BCUT2D eigenvalue weighted by atomic mass is 35.5. The number of urea groups is 1. The Bertz CT molecular complexity index is 838. The second-order valence-corrected chi connectivity index (χ2v) is 7.40. The highest BCUT2D eigenvalue weighted by Gasteiger charge is 2.27. The van der Waals surface area contributed by atoms with Gasteiger partial charge in [-0.25, -0.2) is 4.79 Å². The van der Waals surface area contributed by atoms with E-state index in [0.29, 0.717) is 30.3 Å². The monoisotopic (exact) mass is 385 g/mol. The molecule has 0 bridgehead atoms. The van der Waals surface area contributed by atoms with Gasteiger partial charge in [0, 0.05) is 41.9 Å². The number of nitrogens with zero attached hydrogens (tertiary/aromatic N) is 2. The van der Waals surface area contributed by atoms with Crippen molar-refractivity contribution in [1.82, 2.24) is 4.90 Å². The molecule has 1 aliphatic rings. The zero-order chi connectivity index (χ0) is 19.4. The van der Waals surface area contributed by atoms with Crippen LogP contribution in [0.1, 0.15) is 25.8 Å². The van der Waals surface area contributed by atoms with E-state index in [4.69, 9.17) is 11.6 Å². The van der Waals surface area contributed by atoms with Gasteiger partial charge < -0.3 is 10.2 Å². The predicted molar refractivity (Wildman–Crippen MR) is 109 cm³/mol. The number of carbonyl (C=O) groups is 2. The molecule has 0 saturated carbocycles. The van der Waals surface area contributed by atoms with E-state index in [-0.39, 0.29) is 17.9 Å². The zero-order valence-electron chi connectivity index (χ0n) is 15.6. The first-order valence-electron chi connectivity index (χ1n) is 9.16. The van der Waals surface area contributed by atoms with E-state index in [9.17, 15) is 9.59 Å². The van der Waals surface area contributed by atoms with Gasteiger partial charge in [0.2, 0.25) is 5.91 Å². The Morgan fingerprint density at radius 2 is 1.93 bits per heavy atom. The van der Waals surface area contributed by atoms with Crippen molar-refractivity contribution in [2.75, 3.05) is 23.3 Å². The molecule has 1 N–H and O–H groups in total. The Labute approximate surface area is 164 Å². The second-order valence-electron chi connectivity index (χ2n) is 7.00. The molecule has 0 aromatic heterocycles. The average Bonchev–Trinajstić information content (AvgIpc) is 2.65. The lowest BCUT2D eigenvalue weighted by molar-refractivity contribution is -0.118. The number of rotatable bonds is 5. The maximum absolute atomic E-state index is 13.0. The molecule has 1 aliphatic heterocycles. The SMILES string of the molecule is CC(C)C(=O)Nc1cccc(N2CCCN(Cc3ccccc3Cl)C2=O)c1.